The van der Waals surface area contributed by atoms with Crippen molar-refractivity contribution in [3.63, 3.8) is 0 Å². The topological polar surface area (TPSA) is 104 Å². The van der Waals surface area contributed by atoms with Crippen molar-refractivity contribution in [3.8, 4) is 0 Å². The second kappa shape index (κ2) is 7.97. The van der Waals surface area contributed by atoms with E-state index in [0.717, 1.165) is 0 Å². The molecule has 1 amide bonds. The van der Waals surface area contributed by atoms with Gasteiger partial charge in [0.2, 0.25) is 23.8 Å². The average Bonchev–Trinajstić information content (AvgIpc) is 2.42. The van der Waals surface area contributed by atoms with Crippen molar-refractivity contribution < 1.29 is 18.0 Å². The summed E-state index contributed by atoms with van der Waals surface area (Å²) in [6.45, 7) is 7.26. The van der Waals surface area contributed by atoms with Crippen molar-refractivity contribution in [2.24, 2.45) is 5.41 Å². The lowest BCUT2D eigenvalue weighted by Crippen LogP contribution is -2.42. The summed E-state index contributed by atoms with van der Waals surface area (Å²) in [5.74, 6) is -0.271. The summed E-state index contributed by atoms with van der Waals surface area (Å²) in [4.78, 5) is 24.1. The van der Waals surface area contributed by atoms with Gasteiger partial charge in [-0.15, -0.1) is 0 Å². The molecular formula is C13H22F3N7O. The Morgan fingerprint density at radius 1 is 0.958 bits per heavy atom. The van der Waals surface area contributed by atoms with E-state index in [-0.39, 0.29) is 17.8 Å². The molecule has 0 saturated heterocycles. The number of carbonyl (C=O) groups excluding carboxylic acids is 1. The van der Waals surface area contributed by atoms with E-state index >= 15 is 0 Å². The van der Waals surface area contributed by atoms with Crippen LogP contribution < -0.4 is 21.5 Å². The Kier molecular flexibility index (Phi) is 6.55. The highest BCUT2D eigenvalue weighted by atomic mass is 19.4. The molecule has 0 radical (unpaired) electrons. The Labute approximate surface area is 138 Å². The van der Waals surface area contributed by atoms with E-state index in [2.05, 4.69) is 36.4 Å². The van der Waals surface area contributed by atoms with Crippen LogP contribution in [0.2, 0.25) is 0 Å². The second-order valence-electron chi connectivity index (χ2n) is 5.62. The number of aromatic nitrogens is 3. The van der Waals surface area contributed by atoms with Crippen molar-refractivity contribution in [2.45, 2.75) is 40.3 Å². The first-order chi connectivity index (χ1) is 11.1. The van der Waals surface area contributed by atoms with E-state index in [1.54, 1.807) is 0 Å². The van der Waals surface area contributed by atoms with Crippen LogP contribution in [0.25, 0.3) is 0 Å². The monoisotopic (exact) mass is 349 g/mol. The van der Waals surface area contributed by atoms with Gasteiger partial charge in [0.15, 0.2) is 0 Å². The molecule has 136 valence electrons. The SMILES string of the molecule is CCNc1nc(NCC)nc(NNC(=O)C(C)(C)CC(F)(F)F)n1. The summed E-state index contributed by atoms with van der Waals surface area (Å²) in [5.41, 5.74) is 3.00. The maximum atomic E-state index is 12.5. The van der Waals surface area contributed by atoms with Crippen LogP contribution in [0.15, 0.2) is 0 Å². The van der Waals surface area contributed by atoms with Gasteiger partial charge in [0.05, 0.1) is 11.8 Å². The third-order valence-electron chi connectivity index (χ3n) is 2.85. The Bertz CT molecular complexity index is 539. The highest BCUT2D eigenvalue weighted by molar-refractivity contribution is 5.82. The first-order valence-electron chi connectivity index (χ1n) is 7.44. The molecule has 0 aliphatic carbocycles. The number of halogens is 3. The van der Waals surface area contributed by atoms with E-state index in [4.69, 9.17) is 0 Å². The Morgan fingerprint density at radius 2 is 1.42 bits per heavy atom. The van der Waals surface area contributed by atoms with Gasteiger partial charge in [-0.05, 0) is 13.8 Å². The lowest BCUT2D eigenvalue weighted by atomic mass is 9.88. The van der Waals surface area contributed by atoms with Gasteiger partial charge in [-0.1, -0.05) is 13.8 Å². The van der Waals surface area contributed by atoms with Gasteiger partial charge in [0.25, 0.3) is 0 Å². The molecular weight excluding hydrogens is 327 g/mol. The highest BCUT2D eigenvalue weighted by Gasteiger charge is 2.41. The molecule has 0 aromatic carbocycles. The van der Waals surface area contributed by atoms with E-state index < -0.39 is 23.9 Å². The van der Waals surface area contributed by atoms with Crippen molar-refractivity contribution in [3.05, 3.63) is 0 Å². The summed E-state index contributed by atoms with van der Waals surface area (Å²) < 4.78 is 37.5. The molecule has 1 heterocycles. The van der Waals surface area contributed by atoms with Gasteiger partial charge in [-0.3, -0.25) is 15.6 Å². The van der Waals surface area contributed by atoms with Crippen LogP contribution >= 0.6 is 0 Å². The number of hydrogen-bond donors (Lipinski definition) is 4. The number of anilines is 3. The third kappa shape index (κ3) is 6.42. The molecule has 24 heavy (non-hydrogen) atoms. The minimum absolute atomic E-state index is 0.00746. The summed E-state index contributed by atoms with van der Waals surface area (Å²) in [6.07, 6.45) is -5.68. The molecule has 4 N–H and O–H groups in total. The molecule has 1 aromatic rings. The first kappa shape index (κ1) is 19.7. The molecule has 0 bridgehead atoms. The fraction of sp³-hybridized carbons (Fsp3) is 0.692. The van der Waals surface area contributed by atoms with Gasteiger partial charge in [0.1, 0.15) is 0 Å². The number of hydrogen-bond acceptors (Lipinski definition) is 7. The molecule has 0 aliphatic rings. The van der Waals surface area contributed by atoms with Gasteiger partial charge in [-0.2, -0.15) is 28.1 Å². The maximum absolute atomic E-state index is 12.5. The molecule has 0 spiro atoms. The molecule has 0 saturated carbocycles. The smallest absolute Gasteiger partial charge is 0.354 e. The molecule has 0 unspecified atom stereocenters. The van der Waals surface area contributed by atoms with E-state index in [9.17, 15) is 18.0 Å². The summed E-state index contributed by atoms with van der Waals surface area (Å²) in [5, 5.41) is 5.78. The van der Waals surface area contributed by atoms with Crippen LogP contribution in [0.3, 0.4) is 0 Å². The molecule has 0 fully saturated rings. The molecule has 8 nitrogen and oxygen atoms in total. The van der Waals surface area contributed by atoms with Crippen LogP contribution in [0.1, 0.15) is 34.1 Å². The number of hydrazine groups is 1. The van der Waals surface area contributed by atoms with Gasteiger partial charge < -0.3 is 10.6 Å². The number of rotatable bonds is 8. The first-order valence-corrected chi connectivity index (χ1v) is 7.44. The summed E-state index contributed by atoms with van der Waals surface area (Å²) in [6, 6.07) is 0. The van der Waals surface area contributed by atoms with Crippen LogP contribution in [-0.2, 0) is 4.79 Å². The number of nitrogens with zero attached hydrogens (tertiary/aromatic N) is 3. The van der Waals surface area contributed by atoms with Gasteiger partial charge in [-0.25, -0.2) is 0 Å². The van der Waals surface area contributed by atoms with Crippen LogP contribution in [0, 0.1) is 5.41 Å². The van der Waals surface area contributed by atoms with Crippen LogP contribution in [-0.4, -0.2) is 40.1 Å². The maximum Gasteiger partial charge on any atom is 0.390 e. The fourth-order valence-electron chi connectivity index (χ4n) is 1.77. The zero-order chi connectivity index (χ0) is 18.4. The van der Waals surface area contributed by atoms with Gasteiger partial charge >= 0.3 is 6.18 Å². The quantitative estimate of drug-likeness (QED) is 0.533. The zero-order valence-electron chi connectivity index (χ0n) is 14.0. The van der Waals surface area contributed by atoms with Crippen LogP contribution in [0.5, 0.6) is 0 Å². The molecule has 1 rings (SSSR count). The number of amides is 1. The van der Waals surface area contributed by atoms with E-state index in [0.29, 0.717) is 13.1 Å². The fourth-order valence-corrected chi connectivity index (χ4v) is 1.77. The Hall–Kier alpha value is -2.33. The second-order valence-corrected chi connectivity index (χ2v) is 5.62. The number of nitrogens with one attached hydrogen (secondary N) is 4. The third-order valence-corrected chi connectivity index (χ3v) is 2.85. The minimum Gasteiger partial charge on any atom is -0.354 e. The summed E-state index contributed by atoms with van der Waals surface area (Å²) in [7, 11) is 0. The number of alkyl halides is 3. The number of carbonyl (C=O) groups is 1. The standard InChI is InChI=1S/C13H22F3N7O/c1-5-17-9-19-10(18-6-2)21-11(20-9)23-22-8(24)12(3,4)7-13(14,15)16/h5-7H2,1-4H3,(H,22,24)(H3,17,18,19,20,21,23). The largest absolute Gasteiger partial charge is 0.390 e. The lowest BCUT2D eigenvalue weighted by Gasteiger charge is -2.24. The zero-order valence-corrected chi connectivity index (χ0v) is 14.0. The average molecular weight is 349 g/mol. The predicted molar refractivity (Wildman–Crippen MR) is 84.4 cm³/mol. The minimum atomic E-state index is -4.44. The van der Waals surface area contributed by atoms with Crippen molar-refractivity contribution in [1.29, 1.82) is 0 Å². The van der Waals surface area contributed by atoms with Crippen molar-refractivity contribution >= 4 is 23.8 Å². The van der Waals surface area contributed by atoms with E-state index in [1.165, 1.54) is 13.8 Å². The Balaban J connectivity index is 2.80. The van der Waals surface area contributed by atoms with Gasteiger partial charge in [0, 0.05) is 13.1 Å². The molecule has 0 aliphatic heterocycles. The lowest BCUT2D eigenvalue weighted by molar-refractivity contribution is -0.164. The highest BCUT2D eigenvalue weighted by Crippen LogP contribution is 2.33. The Morgan fingerprint density at radius 3 is 1.83 bits per heavy atom. The summed E-state index contributed by atoms with van der Waals surface area (Å²) >= 11 is 0. The predicted octanol–water partition coefficient (Wildman–Crippen LogP) is 2.16. The normalized spacial score (nSPS) is 11.8. The molecule has 0 atom stereocenters. The van der Waals surface area contributed by atoms with Crippen molar-refractivity contribution in [1.82, 2.24) is 20.4 Å². The molecule has 11 heteroatoms. The molecule has 1 aromatic heterocycles. The van der Waals surface area contributed by atoms with Crippen molar-refractivity contribution in [2.75, 3.05) is 29.1 Å². The van der Waals surface area contributed by atoms with E-state index in [1.807, 2.05) is 13.8 Å². The van der Waals surface area contributed by atoms with Crippen LogP contribution in [0.4, 0.5) is 31.0 Å².